The summed E-state index contributed by atoms with van der Waals surface area (Å²) in [7, 11) is 0. The first-order valence-corrected chi connectivity index (χ1v) is 8.40. The number of benzene rings is 1. The molecule has 0 saturated carbocycles. The van der Waals surface area contributed by atoms with Crippen LogP contribution in [-0.2, 0) is 6.54 Å². The summed E-state index contributed by atoms with van der Waals surface area (Å²) in [6, 6.07) is 7.23. The zero-order valence-electron chi connectivity index (χ0n) is 11.7. The van der Waals surface area contributed by atoms with Crippen molar-refractivity contribution < 1.29 is 0 Å². The van der Waals surface area contributed by atoms with Crippen molar-refractivity contribution in [3.05, 3.63) is 33.8 Å². The quantitative estimate of drug-likeness (QED) is 0.904. The SMILES string of the molecule is Clc1cc(Cl)cc(CN2CCCCC2C2CCCN2)c1. The van der Waals surface area contributed by atoms with Crippen LogP contribution in [0, 0.1) is 0 Å². The van der Waals surface area contributed by atoms with Gasteiger partial charge in [-0.25, -0.2) is 0 Å². The molecule has 1 N–H and O–H groups in total. The monoisotopic (exact) mass is 312 g/mol. The molecular formula is C16H22Cl2N2. The lowest BCUT2D eigenvalue weighted by molar-refractivity contribution is 0.112. The van der Waals surface area contributed by atoms with Gasteiger partial charge in [0.05, 0.1) is 0 Å². The zero-order chi connectivity index (χ0) is 13.9. The molecule has 0 amide bonds. The first kappa shape index (κ1) is 14.6. The van der Waals surface area contributed by atoms with Crippen LogP contribution < -0.4 is 5.32 Å². The first-order valence-electron chi connectivity index (χ1n) is 7.65. The van der Waals surface area contributed by atoms with Crippen LogP contribution in [-0.4, -0.2) is 30.1 Å². The van der Waals surface area contributed by atoms with Gasteiger partial charge in [-0.15, -0.1) is 0 Å². The topological polar surface area (TPSA) is 15.3 Å². The molecule has 0 aromatic heterocycles. The van der Waals surface area contributed by atoms with Gasteiger partial charge in [-0.3, -0.25) is 4.90 Å². The van der Waals surface area contributed by atoms with E-state index in [1.165, 1.54) is 50.8 Å². The van der Waals surface area contributed by atoms with Gasteiger partial charge in [-0.2, -0.15) is 0 Å². The third-order valence-electron chi connectivity index (χ3n) is 4.54. The van der Waals surface area contributed by atoms with Gasteiger partial charge in [0.25, 0.3) is 0 Å². The minimum atomic E-state index is 0.670. The number of halogens is 2. The summed E-state index contributed by atoms with van der Waals surface area (Å²) in [6.45, 7) is 3.33. The van der Waals surface area contributed by atoms with E-state index in [9.17, 15) is 0 Å². The highest BCUT2D eigenvalue weighted by atomic mass is 35.5. The fourth-order valence-corrected chi connectivity index (χ4v) is 4.22. The molecule has 2 aliphatic rings. The molecule has 4 heteroatoms. The van der Waals surface area contributed by atoms with Crippen LogP contribution in [0.4, 0.5) is 0 Å². The fourth-order valence-electron chi connectivity index (χ4n) is 3.65. The van der Waals surface area contributed by atoms with Gasteiger partial charge in [-0.05, 0) is 62.5 Å². The molecule has 2 nitrogen and oxygen atoms in total. The van der Waals surface area contributed by atoms with Crippen molar-refractivity contribution in [3.63, 3.8) is 0 Å². The largest absolute Gasteiger partial charge is 0.312 e. The van der Waals surface area contributed by atoms with Crippen molar-refractivity contribution in [1.29, 1.82) is 0 Å². The molecule has 2 fully saturated rings. The maximum atomic E-state index is 6.12. The van der Waals surface area contributed by atoms with E-state index < -0.39 is 0 Å². The molecule has 1 aromatic rings. The molecule has 0 bridgehead atoms. The predicted molar refractivity (Wildman–Crippen MR) is 85.5 cm³/mol. The lowest BCUT2D eigenvalue weighted by Crippen LogP contribution is -2.49. The Bertz CT molecular complexity index is 438. The van der Waals surface area contributed by atoms with E-state index in [0.717, 1.165) is 16.6 Å². The molecular weight excluding hydrogens is 291 g/mol. The summed E-state index contributed by atoms with van der Waals surface area (Å²) in [5.41, 5.74) is 1.23. The van der Waals surface area contributed by atoms with E-state index in [-0.39, 0.29) is 0 Å². The Morgan fingerprint density at radius 2 is 1.85 bits per heavy atom. The van der Waals surface area contributed by atoms with Gasteiger partial charge < -0.3 is 5.32 Å². The number of hydrogen-bond acceptors (Lipinski definition) is 2. The number of likely N-dealkylation sites (tertiary alicyclic amines) is 1. The lowest BCUT2D eigenvalue weighted by atomic mass is 9.94. The fraction of sp³-hybridized carbons (Fsp3) is 0.625. The van der Waals surface area contributed by atoms with Crippen molar-refractivity contribution in [1.82, 2.24) is 10.2 Å². The van der Waals surface area contributed by atoms with E-state index in [2.05, 4.69) is 10.2 Å². The van der Waals surface area contributed by atoms with Gasteiger partial charge in [-0.1, -0.05) is 29.6 Å². The summed E-state index contributed by atoms with van der Waals surface area (Å²) >= 11 is 12.2. The highest BCUT2D eigenvalue weighted by Gasteiger charge is 2.31. The minimum Gasteiger partial charge on any atom is -0.312 e. The number of nitrogens with zero attached hydrogens (tertiary/aromatic N) is 1. The van der Waals surface area contributed by atoms with Crippen LogP contribution in [0.2, 0.25) is 10.0 Å². The van der Waals surface area contributed by atoms with Crippen molar-refractivity contribution >= 4 is 23.2 Å². The van der Waals surface area contributed by atoms with E-state index in [4.69, 9.17) is 23.2 Å². The molecule has 2 aliphatic heterocycles. The molecule has 2 heterocycles. The van der Waals surface area contributed by atoms with Crippen LogP contribution >= 0.6 is 23.2 Å². The highest BCUT2D eigenvalue weighted by Crippen LogP contribution is 2.27. The summed E-state index contributed by atoms with van der Waals surface area (Å²) in [5.74, 6) is 0. The summed E-state index contributed by atoms with van der Waals surface area (Å²) in [4.78, 5) is 2.62. The van der Waals surface area contributed by atoms with Crippen molar-refractivity contribution in [2.75, 3.05) is 13.1 Å². The third kappa shape index (κ3) is 3.48. The maximum Gasteiger partial charge on any atom is 0.0424 e. The Hall–Kier alpha value is -0.280. The summed E-state index contributed by atoms with van der Waals surface area (Å²) in [5, 5.41) is 5.14. The molecule has 2 saturated heterocycles. The summed E-state index contributed by atoms with van der Waals surface area (Å²) < 4.78 is 0. The number of hydrogen-bond donors (Lipinski definition) is 1. The van der Waals surface area contributed by atoms with Crippen molar-refractivity contribution in [2.24, 2.45) is 0 Å². The molecule has 110 valence electrons. The average Bonchev–Trinajstić information content (AvgIpc) is 2.92. The standard InChI is InChI=1S/C16H22Cl2N2/c17-13-8-12(9-14(18)10-13)11-20-7-2-1-5-16(20)15-4-3-6-19-15/h8-10,15-16,19H,1-7,11H2. The second-order valence-corrected chi connectivity index (χ2v) is 6.89. The molecule has 0 aliphatic carbocycles. The van der Waals surface area contributed by atoms with Crippen LogP contribution in [0.1, 0.15) is 37.7 Å². The Labute approximate surface area is 131 Å². The second kappa shape index (κ2) is 6.65. The van der Waals surface area contributed by atoms with Gasteiger partial charge >= 0.3 is 0 Å². The Kier molecular flexibility index (Phi) is 4.87. The molecule has 2 atom stereocenters. The number of nitrogens with one attached hydrogen (secondary N) is 1. The van der Waals surface area contributed by atoms with Crippen LogP contribution in [0.5, 0.6) is 0 Å². The molecule has 1 aromatic carbocycles. The Morgan fingerprint density at radius 3 is 2.55 bits per heavy atom. The first-order chi connectivity index (χ1) is 9.72. The predicted octanol–water partition coefficient (Wildman–Crippen LogP) is 4.10. The van der Waals surface area contributed by atoms with Gasteiger partial charge in [0.1, 0.15) is 0 Å². The number of rotatable bonds is 3. The third-order valence-corrected chi connectivity index (χ3v) is 4.97. The molecule has 3 rings (SSSR count). The van der Waals surface area contributed by atoms with Crippen molar-refractivity contribution in [3.8, 4) is 0 Å². The van der Waals surface area contributed by atoms with Gasteiger partial charge in [0.2, 0.25) is 0 Å². The van der Waals surface area contributed by atoms with Gasteiger partial charge in [0, 0.05) is 28.7 Å². The molecule has 0 spiro atoms. The molecule has 20 heavy (non-hydrogen) atoms. The Balaban J connectivity index is 1.72. The Morgan fingerprint density at radius 1 is 1.05 bits per heavy atom. The van der Waals surface area contributed by atoms with E-state index in [1.54, 1.807) is 6.07 Å². The minimum absolute atomic E-state index is 0.670. The van der Waals surface area contributed by atoms with Crippen LogP contribution in [0.3, 0.4) is 0 Å². The van der Waals surface area contributed by atoms with E-state index in [1.807, 2.05) is 12.1 Å². The maximum absolute atomic E-state index is 6.12. The smallest absolute Gasteiger partial charge is 0.0424 e. The second-order valence-electron chi connectivity index (χ2n) is 6.01. The van der Waals surface area contributed by atoms with Crippen LogP contribution in [0.25, 0.3) is 0 Å². The van der Waals surface area contributed by atoms with Gasteiger partial charge in [0.15, 0.2) is 0 Å². The van der Waals surface area contributed by atoms with E-state index >= 15 is 0 Å². The number of piperidine rings is 1. The lowest BCUT2D eigenvalue weighted by Gasteiger charge is -2.39. The molecule has 0 radical (unpaired) electrons. The average molecular weight is 313 g/mol. The van der Waals surface area contributed by atoms with Crippen molar-refractivity contribution in [2.45, 2.75) is 50.7 Å². The normalized spacial score (nSPS) is 27.9. The molecule has 2 unspecified atom stereocenters. The zero-order valence-corrected chi connectivity index (χ0v) is 13.3. The van der Waals surface area contributed by atoms with Crippen LogP contribution in [0.15, 0.2) is 18.2 Å². The van der Waals surface area contributed by atoms with E-state index in [0.29, 0.717) is 12.1 Å². The highest BCUT2D eigenvalue weighted by molar-refractivity contribution is 6.34. The summed E-state index contributed by atoms with van der Waals surface area (Å²) in [6.07, 6.45) is 6.61.